The highest BCUT2D eigenvalue weighted by molar-refractivity contribution is 5.90. The highest BCUT2D eigenvalue weighted by Crippen LogP contribution is 2.16. The van der Waals surface area contributed by atoms with Crippen LogP contribution in [0.3, 0.4) is 0 Å². The van der Waals surface area contributed by atoms with Crippen LogP contribution in [0.2, 0.25) is 0 Å². The predicted octanol–water partition coefficient (Wildman–Crippen LogP) is 2.41. The molecule has 94 valence electrons. The monoisotopic (exact) mass is 245 g/mol. The fraction of sp³-hybridized carbons (Fsp3) is 0.214. The Morgan fingerprint density at radius 3 is 2.50 bits per heavy atom. The normalized spacial score (nSPS) is 10.3. The first-order chi connectivity index (χ1) is 8.74. The molecular formula is C14H15NO3. The van der Waals surface area contributed by atoms with E-state index in [-0.39, 0.29) is 5.97 Å². The second kappa shape index (κ2) is 5.51. The Labute approximate surface area is 106 Å². The van der Waals surface area contributed by atoms with Gasteiger partial charge in [0, 0.05) is 25.2 Å². The average molecular weight is 245 g/mol. The molecule has 1 aromatic carbocycles. The lowest BCUT2D eigenvalue weighted by Gasteiger charge is -2.09. The molecule has 0 amide bonds. The van der Waals surface area contributed by atoms with Crippen molar-refractivity contribution in [2.45, 2.75) is 6.61 Å². The molecule has 1 heterocycles. The number of ether oxygens (including phenoxy) is 2. The second-order valence-electron chi connectivity index (χ2n) is 3.90. The number of nitrogens with zero attached hydrogens (tertiary/aromatic N) is 1. The molecule has 2 aromatic rings. The number of hydrogen-bond donors (Lipinski definition) is 0. The van der Waals surface area contributed by atoms with Crippen LogP contribution in [0.15, 0.2) is 42.7 Å². The van der Waals surface area contributed by atoms with Gasteiger partial charge in [0.1, 0.15) is 0 Å². The van der Waals surface area contributed by atoms with Crippen molar-refractivity contribution in [2.75, 3.05) is 14.2 Å². The van der Waals surface area contributed by atoms with Crippen molar-refractivity contribution in [2.24, 2.45) is 0 Å². The van der Waals surface area contributed by atoms with E-state index in [1.165, 1.54) is 7.11 Å². The zero-order chi connectivity index (χ0) is 13.0. The smallest absolute Gasteiger partial charge is 0.337 e. The molecule has 0 fully saturated rings. The third-order valence-corrected chi connectivity index (χ3v) is 2.61. The standard InChI is InChI=1S/C14H15NO3/c1-17-10-11-7-12(14(16)18-2)9-13(8-11)15-5-3-4-6-15/h3-9H,10H2,1-2H3. The number of hydrogen-bond acceptors (Lipinski definition) is 3. The zero-order valence-electron chi connectivity index (χ0n) is 10.4. The lowest BCUT2D eigenvalue weighted by molar-refractivity contribution is 0.0600. The van der Waals surface area contributed by atoms with Gasteiger partial charge in [-0.1, -0.05) is 0 Å². The number of carbonyl (C=O) groups is 1. The number of carbonyl (C=O) groups excluding carboxylic acids is 1. The van der Waals surface area contributed by atoms with E-state index in [9.17, 15) is 4.79 Å². The number of aromatic nitrogens is 1. The maximum atomic E-state index is 11.6. The van der Waals surface area contributed by atoms with Gasteiger partial charge in [-0.15, -0.1) is 0 Å². The predicted molar refractivity (Wildman–Crippen MR) is 67.8 cm³/mol. The summed E-state index contributed by atoms with van der Waals surface area (Å²) in [4.78, 5) is 11.6. The molecule has 0 N–H and O–H groups in total. The van der Waals surface area contributed by atoms with Gasteiger partial charge in [0.15, 0.2) is 0 Å². The van der Waals surface area contributed by atoms with Crippen molar-refractivity contribution in [3.05, 3.63) is 53.9 Å². The summed E-state index contributed by atoms with van der Waals surface area (Å²) in [6.45, 7) is 0.457. The van der Waals surface area contributed by atoms with Gasteiger partial charge >= 0.3 is 5.97 Å². The molecule has 0 bridgehead atoms. The molecule has 0 unspecified atom stereocenters. The van der Waals surface area contributed by atoms with Crippen LogP contribution in [0, 0.1) is 0 Å². The van der Waals surface area contributed by atoms with Gasteiger partial charge in [0.05, 0.1) is 19.3 Å². The minimum Gasteiger partial charge on any atom is -0.465 e. The fourth-order valence-corrected chi connectivity index (χ4v) is 1.82. The van der Waals surface area contributed by atoms with Crippen LogP contribution in [-0.2, 0) is 16.1 Å². The molecule has 1 aromatic heterocycles. The molecule has 2 rings (SSSR count). The van der Waals surface area contributed by atoms with Crippen LogP contribution in [0.5, 0.6) is 0 Å². The summed E-state index contributed by atoms with van der Waals surface area (Å²) in [7, 11) is 3.00. The molecule has 0 atom stereocenters. The Bertz CT molecular complexity index is 532. The topological polar surface area (TPSA) is 40.5 Å². The number of rotatable bonds is 4. The Balaban J connectivity index is 2.46. The SMILES string of the molecule is COCc1cc(C(=O)OC)cc(-n2cccc2)c1. The molecule has 0 aliphatic heterocycles. The van der Waals surface area contributed by atoms with Crippen molar-refractivity contribution in [1.82, 2.24) is 4.57 Å². The van der Waals surface area contributed by atoms with Crippen LogP contribution in [0.4, 0.5) is 0 Å². The Hall–Kier alpha value is -2.07. The molecule has 0 saturated heterocycles. The second-order valence-corrected chi connectivity index (χ2v) is 3.90. The summed E-state index contributed by atoms with van der Waals surface area (Å²) >= 11 is 0. The quantitative estimate of drug-likeness (QED) is 0.777. The average Bonchev–Trinajstić information content (AvgIpc) is 2.91. The highest BCUT2D eigenvalue weighted by Gasteiger charge is 2.09. The molecule has 4 heteroatoms. The van der Waals surface area contributed by atoms with Crippen LogP contribution < -0.4 is 0 Å². The van der Waals surface area contributed by atoms with E-state index < -0.39 is 0 Å². The Kier molecular flexibility index (Phi) is 3.79. The summed E-state index contributed by atoms with van der Waals surface area (Å²) in [5.74, 6) is -0.346. The molecule has 18 heavy (non-hydrogen) atoms. The molecule has 4 nitrogen and oxygen atoms in total. The van der Waals surface area contributed by atoms with E-state index in [0.29, 0.717) is 12.2 Å². The Morgan fingerprint density at radius 2 is 1.89 bits per heavy atom. The third kappa shape index (κ3) is 2.60. The minimum absolute atomic E-state index is 0.346. The first kappa shape index (κ1) is 12.4. The van der Waals surface area contributed by atoms with Crippen molar-refractivity contribution in [1.29, 1.82) is 0 Å². The number of esters is 1. The van der Waals surface area contributed by atoms with Crippen LogP contribution >= 0.6 is 0 Å². The van der Waals surface area contributed by atoms with Gasteiger partial charge < -0.3 is 14.0 Å². The Morgan fingerprint density at radius 1 is 1.17 bits per heavy atom. The largest absolute Gasteiger partial charge is 0.465 e. The first-order valence-corrected chi connectivity index (χ1v) is 5.59. The molecule has 0 aliphatic carbocycles. The fourth-order valence-electron chi connectivity index (χ4n) is 1.82. The summed E-state index contributed by atoms with van der Waals surface area (Å²) in [5.41, 5.74) is 2.37. The summed E-state index contributed by atoms with van der Waals surface area (Å²) in [5, 5.41) is 0. The van der Waals surface area contributed by atoms with Gasteiger partial charge in [-0.2, -0.15) is 0 Å². The maximum absolute atomic E-state index is 11.6. The summed E-state index contributed by atoms with van der Waals surface area (Å²) in [6.07, 6.45) is 3.85. The van der Waals surface area contributed by atoms with Gasteiger partial charge in [0.25, 0.3) is 0 Å². The lowest BCUT2D eigenvalue weighted by Crippen LogP contribution is -2.04. The van der Waals surface area contributed by atoms with Gasteiger partial charge in [-0.05, 0) is 35.9 Å². The first-order valence-electron chi connectivity index (χ1n) is 5.59. The van der Waals surface area contributed by atoms with E-state index >= 15 is 0 Å². The molecular weight excluding hydrogens is 230 g/mol. The molecule has 0 saturated carbocycles. The summed E-state index contributed by atoms with van der Waals surface area (Å²) in [6, 6.07) is 9.42. The molecule has 0 aliphatic rings. The van der Waals surface area contributed by atoms with Crippen LogP contribution in [-0.4, -0.2) is 24.8 Å². The molecule has 0 spiro atoms. The van der Waals surface area contributed by atoms with E-state index in [2.05, 4.69) is 0 Å². The van der Waals surface area contributed by atoms with Gasteiger partial charge in [0.2, 0.25) is 0 Å². The zero-order valence-corrected chi connectivity index (χ0v) is 10.4. The van der Waals surface area contributed by atoms with Gasteiger partial charge in [-0.25, -0.2) is 4.79 Å². The third-order valence-electron chi connectivity index (χ3n) is 2.61. The van der Waals surface area contributed by atoms with E-state index in [4.69, 9.17) is 9.47 Å². The van der Waals surface area contributed by atoms with Crippen molar-refractivity contribution < 1.29 is 14.3 Å². The van der Waals surface area contributed by atoms with E-state index in [0.717, 1.165) is 11.3 Å². The van der Waals surface area contributed by atoms with Crippen molar-refractivity contribution in [3.8, 4) is 5.69 Å². The number of benzene rings is 1. The van der Waals surface area contributed by atoms with E-state index in [1.54, 1.807) is 19.2 Å². The van der Waals surface area contributed by atoms with Crippen LogP contribution in [0.1, 0.15) is 15.9 Å². The molecule has 0 radical (unpaired) electrons. The summed E-state index contributed by atoms with van der Waals surface area (Å²) < 4.78 is 11.8. The minimum atomic E-state index is -0.346. The van der Waals surface area contributed by atoms with Crippen molar-refractivity contribution >= 4 is 5.97 Å². The van der Waals surface area contributed by atoms with Crippen molar-refractivity contribution in [3.63, 3.8) is 0 Å². The number of methoxy groups -OCH3 is 2. The van der Waals surface area contributed by atoms with E-state index in [1.807, 2.05) is 35.2 Å². The van der Waals surface area contributed by atoms with Crippen LogP contribution in [0.25, 0.3) is 5.69 Å². The van der Waals surface area contributed by atoms with Gasteiger partial charge in [-0.3, -0.25) is 0 Å². The highest BCUT2D eigenvalue weighted by atomic mass is 16.5. The lowest BCUT2D eigenvalue weighted by atomic mass is 10.1. The maximum Gasteiger partial charge on any atom is 0.337 e.